The number of likely N-dealkylation sites (tertiary alicyclic amines) is 1. The standard InChI is InChI=1S/C20H32N2O2.2C2HF3O2/c1-24-20-4-2-16(3-5-20)18-8-12-22(13-9-18)14-19(15-23)17-6-10-21-11-7-17;2*3-2(4,5)1(6)7/h2-5,17-19,21,23H,6-15H2,1H3;2*(H,6,7). The number of alkyl halides is 6. The largest absolute Gasteiger partial charge is 0.497 e. The molecule has 0 amide bonds. The van der Waals surface area contributed by atoms with Crippen LogP contribution in [0.25, 0.3) is 0 Å². The summed E-state index contributed by atoms with van der Waals surface area (Å²) in [7, 11) is 1.72. The van der Waals surface area contributed by atoms with Crippen molar-refractivity contribution in [3.63, 3.8) is 0 Å². The minimum absolute atomic E-state index is 0.336. The van der Waals surface area contributed by atoms with Crippen molar-refractivity contribution < 1.29 is 56.0 Å². The van der Waals surface area contributed by atoms with Crippen LogP contribution in [0.4, 0.5) is 26.3 Å². The van der Waals surface area contributed by atoms with Crippen LogP contribution in [0.2, 0.25) is 0 Å². The number of nitrogens with zero attached hydrogens (tertiary/aromatic N) is 1. The molecule has 0 spiro atoms. The number of aliphatic carboxylic acids is 2. The molecule has 2 aliphatic rings. The van der Waals surface area contributed by atoms with Crippen LogP contribution >= 0.6 is 0 Å². The first-order valence-corrected chi connectivity index (χ1v) is 12.0. The molecule has 0 aliphatic carbocycles. The van der Waals surface area contributed by atoms with Gasteiger partial charge in [0.1, 0.15) is 5.75 Å². The fourth-order valence-corrected chi connectivity index (χ4v) is 4.33. The summed E-state index contributed by atoms with van der Waals surface area (Å²) < 4.78 is 68.7. The van der Waals surface area contributed by atoms with Crippen molar-refractivity contribution in [2.75, 3.05) is 46.4 Å². The molecule has 0 saturated carbocycles. The lowest BCUT2D eigenvalue weighted by atomic mass is 9.84. The van der Waals surface area contributed by atoms with Crippen LogP contribution in [-0.2, 0) is 9.59 Å². The van der Waals surface area contributed by atoms with Gasteiger partial charge < -0.3 is 30.3 Å². The van der Waals surface area contributed by atoms with E-state index in [4.69, 9.17) is 24.5 Å². The summed E-state index contributed by atoms with van der Waals surface area (Å²) in [5, 5.41) is 27.5. The van der Waals surface area contributed by atoms with Crippen molar-refractivity contribution in [2.24, 2.45) is 11.8 Å². The van der Waals surface area contributed by atoms with Crippen molar-refractivity contribution in [2.45, 2.75) is 44.0 Å². The zero-order chi connectivity index (χ0) is 28.9. The third-order valence-electron chi connectivity index (χ3n) is 6.44. The zero-order valence-corrected chi connectivity index (χ0v) is 20.9. The molecular weight excluding hydrogens is 526 g/mol. The Balaban J connectivity index is 0.000000426. The van der Waals surface area contributed by atoms with Gasteiger partial charge in [0.05, 0.1) is 7.11 Å². The highest BCUT2D eigenvalue weighted by molar-refractivity contribution is 5.73. The molecule has 14 heteroatoms. The Labute approximate surface area is 216 Å². The van der Waals surface area contributed by atoms with E-state index in [-0.39, 0.29) is 0 Å². The lowest BCUT2D eigenvalue weighted by Crippen LogP contribution is -2.42. The third kappa shape index (κ3) is 12.3. The maximum absolute atomic E-state index is 10.6. The number of rotatable bonds is 6. The first kappa shape index (κ1) is 33.4. The van der Waals surface area contributed by atoms with E-state index in [0.29, 0.717) is 24.4 Å². The molecule has 218 valence electrons. The summed E-state index contributed by atoms with van der Waals surface area (Å²) in [4.78, 5) is 20.4. The van der Waals surface area contributed by atoms with Crippen LogP contribution < -0.4 is 10.1 Å². The second-order valence-corrected chi connectivity index (χ2v) is 8.98. The topological polar surface area (TPSA) is 119 Å². The number of nitrogens with one attached hydrogen (secondary N) is 1. The average molecular weight is 561 g/mol. The molecule has 8 nitrogen and oxygen atoms in total. The number of carbonyl (C=O) groups is 2. The van der Waals surface area contributed by atoms with Gasteiger partial charge in [0.2, 0.25) is 0 Å². The van der Waals surface area contributed by atoms with Crippen molar-refractivity contribution >= 4 is 11.9 Å². The van der Waals surface area contributed by atoms with Crippen molar-refractivity contribution in [1.82, 2.24) is 10.2 Å². The van der Waals surface area contributed by atoms with E-state index >= 15 is 0 Å². The molecule has 1 aromatic carbocycles. The van der Waals surface area contributed by atoms with Gasteiger partial charge in [0, 0.05) is 13.2 Å². The molecule has 1 atom stereocenters. The van der Waals surface area contributed by atoms with Gasteiger partial charge in [-0.3, -0.25) is 0 Å². The van der Waals surface area contributed by atoms with E-state index in [1.54, 1.807) is 7.11 Å². The Hall–Kier alpha value is -2.58. The fraction of sp³-hybridized carbons (Fsp3) is 0.667. The zero-order valence-electron chi connectivity index (χ0n) is 20.9. The summed E-state index contributed by atoms with van der Waals surface area (Å²) in [6.45, 7) is 5.93. The molecule has 0 radical (unpaired) electrons. The summed E-state index contributed by atoms with van der Waals surface area (Å²) >= 11 is 0. The number of halogens is 6. The van der Waals surface area contributed by atoms with E-state index in [9.17, 15) is 31.4 Å². The highest BCUT2D eigenvalue weighted by Crippen LogP contribution is 2.31. The first-order valence-electron chi connectivity index (χ1n) is 12.0. The number of benzene rings is 1. The van der Waals surface area contributed by atoms with Gasteiger partial charge >= 0.3 is 24.3 Å². The predicted molar refractivity (Wildman–Crippen MR) is 125 cm³/mol. The van der Waals surface area contributed by atoms with E-state index in [1.807, 2.05) is 0 Å². The predicted octanol–water partition coefficient (Wildman–Crippen LogP) is 3.75. The monoisotopic (exact) mass is 560 g/mol. The smallest absolute Gasteiger partial charge is 0.490 e. The molecule has 3 rings (SSSR count). The van der Waals surface area contributed by atoms with E-state index in [2.05, 4.69) is 34.5 Å². The number of carboxylic acids is 2. The highest BCUT2D eigenvalue weighted by Gasteiger charge is 2.39. The molecule has 1 aromatic rings. The van der Waals surface area contributed by atoms with Crippen LogP contribution in [0.5, 0.6) is 5.75 Å². The molecule has 1 unspecified atom stereocenters. The minimum atomic E-state index is -5.08. The van der Waals surface area contributed by atoms with Gasteiger partial charge in [-0.15, -0.1) is 0 Å². The van der Waals surface area contributed by atoms with Crippen molar-refractivity contribution in [3.8, 4) is 5.75 Å². The molecule has 2 heterocycles. The van der Waals surface area contributed by atoms with Gasteiger partial charge in [-0.2, -0.15) is 26.3 Å². The Bertz CT molecular complexity index is 812. The molecular formula is C24H34F6N2O6. The van der Waals surface area contributed by atoms with Crippen LogP contribution in [0.3, 0.4) is 0 Å². The summed E-state index contributed by atoms with van der Waals surface area (Å²) in [5.74, 6) is -2.78. The summed E-state index contributed by atoms with van der Waals surface area (Å²) in [6.07, 6.45) is -5.30. The van der Waals surface area contributed by atoms with Gasteiger partial charge in [0.15, 0.2) is 0 Å². The molecule has 4 N–H and O–H groups in total. The third-order valence-corrected chi connectivity index (χ3v) is 6.44. The maximum atomic E-state index is 10.6. The second-order valence-electron chi connectivity index (χ2n) is 8.98. The Morgan fingerprint density at radius 1 is 0.947 bits per heavy atom. The number of methoxy groups -OCH3 is 1. The van der Waals surface area contributed by atoms with Crippen LogP contribution in [0.1, 0.15) is 37.2 Å². The number of hydrogen-bond acceptors (Lipinski definition) is 6. The molecule has 2 saturated heterocycles. The number of ether oxygens (including phenoxy) is 1. The summed E-state index contributed by atoms with van der Waals surface area (Å²) in [5.41, 5.74) is 1.44. The first-order chi connectivity index (χ1) is 17.7. The van der Waals surface area contributed by atoms with Crippen molar-refractivity contribution in [1.29, 1.82) is 0 Å². The van der Waals surface area contributed by atoms with E-state index in [0.717, 1.165) is 38.5 Å². The normalized spacial score (nSPS) is 18.3. The number of aliphatic hydroxyl groups excluding tert-OH is 1. The molecule has 2 aliphatic heterocycles. The number of carboxylic acid groups (broad SMARTS) is 2. The van der Waals surface area contributed by atoms with Gasteiger partial charge in [0.25, 0.3) is 0 Å². The maximum Gasteiger partial charge on any atom is 0.490 e. The number of piperidine rings is 2. The molecule has 2 fully saturated rings. The molecule has 0 aromatic heterocycles. The van der Waals surface area contributed by atoms with Crippen molar-refractivity contribution in [3.05, 3.63) is 29.8 Å². The fourth-order valence-electron chi connectivity index (χ4n) is 4.33. The molecule has 38 heavy (non-hydrogen) atoms. The van der Waals surface area contributed by atoms with Gasteiger partial charge in [-0.1, -0.05) is 12.1 Å². The van der Waals surface area contributed by atoms with Crippen LogP contribution in [-0.4, -0.2) is 91.0 Å². The quantitative estimate of drug-likeness (QED) is 0.389. The SMILES string of the molecule is COc1ccc(C2CCN(CC(CO)C3CCNCC3)CC2)cc1.O=C(O)C(F)(F)F.O=C(O)C(F)(F)F. The van der Waals surface area contributed by atoms with E-state index in [1.165, 1.54) is 31.2 Å². The lowest BCUT2D eigenvalue weighted by Gasteiger charge is -2.37. The number of aliphatic hydroxyl groups is 1. The van der Waals surface area contributed by atoms with Gasteiger partial charge in [-0.05, 0) is 87.3 Å². The second kappa shape index (κ2) is 15.7. The Morgan fingerprint density at radius 2 is 1.39 bits per heavy atom. The van der Waals surface area contributed by atoms with Gasteiger partial charge in [-0.25, -0.2) is 9.59 Å². The summed E-state index contributed by atoms with van der Waals surface area (Å²) in [6, 6.07) is 8.57. The van der Waals surface area contributed by atoms with Crippen LogP contribution in [0.15, 0.2) is 24.3 Å². The molecule has 0 bridgehead atoms. The minimum Gasteiger partial charge on any atom is -0.497 e. The van der Waals surface area contributed by atoms with E-state index < -0.39 is 24.3 Å². The highest BCUT2D eigenvalue weighted by atomic mass is 19.4. The van der Waals surface area contributed by atoms with Crippen LogP contribution in [0, 0.1) is 11.8 Å². The Morgan fingerprint density at radius 3 is 1.76 bits per heavy atom. The Kier molecular flexibility index (Phi) is 13.9. The lowest BCUT2D eigenvalue weighted by molar-refractivity contribution is -0.193. The number of hydrogen-bond donors (Lipinski definition) is 4. The average Bonchev–Trinajstić information content (AvgIpc) is 2.88.